The molecule has 2 aromatic rings. The molecule has 27 heavy (non-hydrogen) atoms. The zero-order valence-electron chi connectivity index (χ0n) is 14.9. The van der Waals surface area contributed by atoms with Gasteiger partial charge in [-0.1, -0.05) is 48.5 Å². The largest absolute Gasteiger partial charge is 0.481 e. The summed E-state index contributed by atoms with van der Waals surface area (Å²) in [7, 11) is 0. The molecule has 0 saturated heterocycles. The molecule has 2 fully saturated rings. The number of ether oxygens (including phenoxy) is 1. The summed E-state index contributed by atoms with van der Waals surface area (Å²) < 4.78 is 5.54. The lowest BCUT2D eigenvalue weighted by molar-refractivity contribution is -0.140. The van der Waals surface area contributed by atoms with Crippen LogP contribution in [0.1, 0.15) is 36.3 Å². The van der Waals surface area contributed by atoms with Gasteiger partial charge < -0.3 is 15.2 Å². The van der Waals surface area contributed by atoms with Gasteiger partial charge in [-0.2, -0.15) is 0 Å². The molecule has 0 unspecified atom stereocenters. The Hall–Kier alpha value is -2.82. The highest BCUT2D eigenvalue weighted by Crippen LogP contribution is 2.65. The first-order chi connectivity index (χ1) is 13.1. The SMILES string of the molecule is O=C(NC1CC2(C1)C[C@H]2C(=O)O)OCC1c2ccccc2-c2ccccc21. The maximum absolute atomic E-state index is 12.2. The van der Waals surface area contributed by atoms with Gasteiger partial charge in [0.05, 0.1) is 5.92 Å². The minimum atomic E-state index is -0.713. The number of hydrogen-bond acceptors (Lipinski definition) is 3. The standard InChI is InChI=1S/C22H21NO4/c24-20(25)19-11-22(19)9-13(10-22)23-21(26)27-12-18-16-7-3-1-5-14(16)15-6-2-4-8-17(15)18/h1-8,13,18-19H,9-12H2,(H,23,26)(H,24,25)/t13?,19-,22?/m0/s1. The zero-order valence-corrected chi connectivity index (χ0v) is 14.9. The van der Waals surface area contributed by atoms with Crippen molar-refractivity contribution in [2.24, 2.45) is 11.3 Å². The van der Waals surface area contributed by atoms with E-state index in [4.69, 9.17) is 9.84 Å². The van der Waals surface area contributed by atoms with Gasteiger partial charge in [-0.25, -0.2) is 4.79 Å². The van der Waals surface area contributed by atoms with E-state index in [0.717, 1.165) is 19.3 Å². The number of nitrogens with one attached hydrogen (secondary N) is 1. The van der Waals surface area contributed by atoms with E-state index < -0.39 is 12.1 Å². The number of rotatable bonds is 4. The predicted octanol–water partition coefficient (Wildman–Crippen LogP) is 3.78. The van der Waals surface area contributed by atoms with Crippen LogP contribution in [0.4, 0.5) is 4.79 Å². The molecule has 0 radical (unpaired) electrons. The van der Waals surface area contributed by atoms with Crippen LogP contribution < -0.4 is 5.32 Å². The van der Waals surface area contributed by atoms with Crippen molar-refractivity contribution in [2.45, 2.75) is 31.2 Å². The fraction of sp³-hybridized carbons (Fsp3) is 0.364. The van der Waals surface area contributed by atoms with Crippen LogP contribution in [0.5, 0.6) is 0 Å². The third-order valence-corrected chi connectivity index (χ3v) is 6.46. The van der Waals surface area contributed by atoms with Crippen molar-refractivity contribution in [1.29, 1.82) is 0 Å². The van der Waals surface area contributed by atoms with Gasteiger partial charge in [0.1, 0.15) is 6.61 Å². The van der Waals surface area contributed by atoms with Crippen molar-refractivity contribution in [3.63, 3.8) is 0 Å². The fourth-order valence-electron chi connectivity index (χ4n) is 4.98. The van der Waals surface area contributed by atoms with Crippen molar-refractivity contribution in [3.05, 3.63) is 59.7 Å². The lowest BCUT2D eigenvalue weighted by atomic mass is 9.75. The molecule has 2 aromatic carbocycles. The maximum atomic E-state index is 12.2. The van der Waals surface area contributed by atoms with Crippen LogP contribution in [0, 0.1) is 11.3 Å². The monoisotopic (exact) mass is 363 g/mol. The minimum Gasteiger partial charge on any atom is -0.481 e. The molecule has 2 N–H and O–H groups in total. The third kappa shape index (κ3) is 2.60. The number of alkyl carbamates (subject to hydrolysis) is 1. The van der Waals surface area contributed by atoms with E-state index in [1.165, 1.54) is 22.3 Å². The maximum Gasteiger partial charge on any atom is 0.407 e. The molecular formula is C22H21NO4. The molecule has 0 aromatic heterocycles. The third-order valence-electron chi connectivity index (χ3n) is 6.46. The summed E-state index contributed by atoms with van der Waals surface area (Å²) in [5.74, 6) is -0.886. The second-order valence-electron chi connectivity index (χ2n) is 8.03. The molecule has 1 spiro atoms. The number of fused-ring (bicyclic) bond motifs is 3. The molecule has 5 nitrogen and oxygen atoms in total. The smallest absolute Gasteiger partial charge is 0.407 e. The number of carbonyl (C=O) groups excluding carboxylic acids is 1. The van der Waals surface area contributed by atoms with Crippen molar-refractivity contribution >= 4 is 12.1 Å². The quantitative estimate of drug-likeness (QED) is 0.867. The predicted molar refractivity (Wildman–Crippen MR) is 99.4 cm³/mol. The fourth-order valence-corrected chi connectivity index (χ4v) is 4.98. The zero-order chi connectivity index (χ0) is 18.6. The molecule has 3 aliphatic rings. The van der Waals surface area contributed by atoms with Gasteiger partial charge in [-0.15, -0.1) is 0 Å². The summed E-state index contributed by atoms with van der Waals surface area (Å²) in [4.78, 5) is 23.3. The summed E-state index contributed by atoms with van der Waals surface area (Å²) in [6.45, 7) is 0.301. The molecule has 138 valence electrons. The normalized spacial score (nSPS) is 27.4. The molecule has 1 atom stereocenters. The van der Waals surface area contributed by atoms with Crippen LogP contribution >= 0.6 is 0 Å². The number of amides is 1. The Morgan fingerprint density at radius 2 is 1.59 bits per heavy atom. The van der Waals surface area contributed by atoms with Crippen LogP contribution in [0.3, 0.4) is 0 Å². The highest BCUT2D eigenvalue weighted by Gasteiger charge is 2.65. The van der Waals surface area contributed by atoms with Gasteiger partial charge in [-0.3, -0.25) is 4.79 Å². The Bertz CT molecular complexity index is 886. The van der Waals surface area contributed by atoms with Crippen molar-refractivity contribution < 1.29 is 19.4 Å². The Kier molecular flexibility index (Phi) is 3.54. The number of carboxylic acids is 1. The Morgan fingerprint density at radius 3 is 2.15 bits per heavy atom. The van der Waals surface area contributed by atoms with E-state index in [9.17, 15) is 9.59 Å². The molecule has 2 saturated carbocycles. The lowest BCUT2D eigenvalue weighted by Gasteiger charge is -2.36. The van der Waals surface area contributed by atoms with Crippen molar-refractivity contribution in [1.82, 2.24) is 5.32 Å². The molecule has 1 amide bonds. The van der Waals surface area contributed by atoms with Gasteiger partial charge >= 0.3 is 12.1 Å². The van der Waals surface area contributed by atoms with Gasteiger partial charge in [0, 0.05) is 12.0 Å². The Labute approximate surface area is 157 Å². The lowest BCUT2D eigenvalue weighted by Crippen LogP contribution is -2.46. The van der Waals surface area contributed by atoms with Crippen LogP contribution in [-0.2, 0) is 9.53 Å². The topological polar surface area (TPSA) is 75.6 Å². The molecular weight excluding hydrogens is 342 g/mol. The highest BCUT2D eigenvalue weighted by atomic mass is 16.5. The average molecular weight is 363 g/mol. The second-order valence-corrected chi connectivity index (χ2v) is 8.03. The molecule has 0 heterocycles. The summed E-state index contributed by atoms with van der Waals surface area (Å²) in [6, 6.07) is 16.5. The van der Waals surface area contributed by atoms with E-state index in [0.29, 0.717) is 6.61 Å². The first-order valence-electron chi connectivity index (χ1n) is 9.42. The van der Waals surface area contributed by atoms with E-state index in [1.807, 2.05) is 24.3 Å². The van der Waals surface area contributed by atoms with E-state index >= 15 is 0 Å². The Morgan fingerprint density at radius 1 is 1.00 bits per heavy atom. The first-order valence-corrected chi connectivity index (χ1v) is 9.42. The first kappa shape index (κ1) is 16.4. The molecule has 0 bridgehead atoms. The van der Waals surface area contributed by atoms with E-state index in [1.54, 1.807) is 0 Å². The average Bonchev–Trinajstić information content (AvgIpc) is 3.31. The van der Waals surface area contributed by atoms with Crippen LogP contribution in [-0.4, -0.2) is 29.8 Å². The van der Waals surface area contributed by atoms with E-state index in [2.05, 4.69) is 29.6 Å². The van der Waals surface area contributed by atoms with Gasteiger partial charge in [0.2, 0.25) is 0 Å². The molecule has 0 aliphatic heterocycles. The number of aliphatic carboxylic acids is 1. The van der Waals surface area contributed by atoms with Crippen LogP contribution in [0.15, 0.2) is 48.5 Å². The van der Waals surface area contributed by atoms with Crippen LogP contribution in [0.2, 0.25) is 0 Å². The van der Waals surface area contributed by atoms with Gasteiger partial charge in [-0.05, 0) is 46.9 Å². The number of benzene rings is 2. The highest BCUT2D eigenvalue weighted by molar-refractivity contribution is 5.79. The molecule has 5 rings (SSSR count). The van der Waals surface area contributed by atoms with E-state index in [-0.39, 0.29) is 23.3 Å². The second kappa shape index (κ2) is 5.84. The van der Waals surface area contributed by atoms with Crippen molar-refractivity contribution in [2.75, 3.05) is 6.61 Å². The Balaban J connectivity index is 1.20. The minimum absolute atomic E-state index is 0.0324. The van der Waals surface area contributed by atoms with Crippen LogP contribution in [0.25, 0.3) is 11.1 Å². The summed E-state index contributed by atoms with van der Waals surface area (Å²) in [5, 5.41) is 12.0. The summed E-state index contributed by atoms with van der Waals surface area (Å²) >= 11 is 0. The molecule has 3 aliphatic carbocycles. The molecule has 5 heteroatoms. The number of carboxylic acid groups (broad SMARTS) is 1. The van der Waals surface area contributed by atoms with Gasteiger partial charge in [0.15, 0.2) is 0 Å². The summed E-state index contributed by atoms with van der Waals surface area (Å²) in [6.07, 6.45) is 1.82. The number of carbonyl (C=O) groups is 2. The van der Waals surface area contributed by atoms with Crippen molar-refractivity contribution in [3.8, 4) is 11.1 Å². The number of hydrogen-bond donors (Lipinski definition) is 2. The summed E-state index contributed by atoms with van der Waals surface area (Å²) in [5.41, 5.74) is 4.73. The van der Waals surface area contributed by atoms with Gasteiger partial charge in [0.25, 0.3) is 0 Å².